The number of phenolic OH excluding ortho intramolecular Hbond substituents is 1. The number of hydrogen-bond acceptors (Lipinski definition) is 6. The Bertz CT molecular complexity index is 1300. The molecule has 3 aliphatic carbocycles. The van der Waals surface area contributed by atoms with Gasteiger partial charge in [0, 0.05) is 31.3 Å². The van der Waals surface area contributed by atoms with Crippen molar-refractivity contribution in [1.29, 1.82) is 0 Å². The number of nitrogens with zero attached hydrogens (tertiary/aromatic N) is 2. The number of rotatable bonds is 6. The summed E-state index contributed by atoms with van der Waals surface area (Å²) in [6.07, 6.45) is 8.38. The minimum atomic E-state index is -0.948. The molecule has 0 radical (unpaired) electrons. The predicted molar refractivity (Wildman–Crippen MR) is 143 cm³/mol. The molecule has 2 heterocycles. The highest BCUT2D eigenvalue weighted by molar-refractivity contribution is 5.92. The molecule has 7 nitrogen and oxygen atoms in total. The Morgan fingerprint density at radius 1 is 1.18 bits per heavy atom. The van der Waals surface area contributed by atoms with Gasteiger partial charge in [0.15, 0.2) is 11.5 Å². The Labute approximate surface area is 223 Å². The summed E-state index contributed by atoms with van der Waals surface area (Å²) in [6, 6.07) is 11.1. The monoisotopic (exact) mass is 516 g/mol. The Balaban J connectivity index is 1.22. The van der Waals surface area contributed by atoms with Crippen LogP contribution in [0.1, 0.15) is 48.8 Å². The van der Waals surface area contributed by atoms with Gasteiger partial charge in [-0.2, -0.15) is 0 Å². The van der Waals surface area contributed by atoms with Gasteiger partial charge in [-0.1, -0.05) is 18.2 Å². The van der Waals surface area contributed by atoms with Gasteiger partial charge in [-0.05, 0) is 86.4 Å². The van der Waals surface area contributed by atoms with E-state index in [2.05, 4.69) is 4.90 Å². The van der Waals surface area contributed by atoms with Gasteiger partial charge < -0.3 is 24.6 Å². The van der Waals surface area contributed by atoms with Crippen LogP contribution in [-0.2, 0) is 16.6 Å². The SMILES string of the molecule is COc1ccc(C=CC(=O)N(C)[C@@H]2CC[C@@]3(O)[C@H]4Cc5ccc(O)c6c5[C@@]3(CCN4CC3CC3)[C@H]2O6)cc1. The zero-order chi connectivity index (χ0) is 26.2. The van der Waals surface area contributed by atoms with Gasteiger partial charge in [0.25, 0.3) is 0 Å². The largest absolute Gasteiger partial charge is 0.504 e. The number of carbonyl (C=O) groups excluding carboxylic acids is 1. The Hall–Kier alpha value is -3.03. The lowest BCUT2D eigenvalue weighted by Crippen LogP contribution is -2.78. The van der Waals surface area contributed by atoms with Gasteiger partial charge in [-0.25, -0.2) is 0 Å². The van der Waals surface area contributed by atoms with Crippen molar-refractivity contribution in [2.24, 2.45) is 5.92 Å². The van der Waals surface area contributed by atoms with Crippen LogP contribution in [0.2, 0.25) is 0 Å². The van der Waals surface area contributed by atoms with Crippen LogP contribution in [0.15, 0.2) is 42.5 Å². The number of phenols is 1. The third kappa shape index (κ3) is 3.31. The summed E-state index contributed by atoms with van der Waals surface area (Å²) in [5.74, 6) is 2.06. The number of benzene rings is 2. The molecular weight excluding hydrogens is 480 g/mol. The Morgan fingerprint density at radius 3 is 2.71 bits per heavy atom. The molecule has 2 saturated carbocycles. The molecule has 2 N–H and O–H groups in total. The molecule has 1 spiro atoms. The van der Waals surface area contributed by atoms with E-state index in [1.165, 1.54) is 18.4 Å². The topological polar surface area (TPSA) is 82.5 Å². The van der Waals surface area contributed by atoms with Crippen LogP contribution in [0.25, 0.3) is 6.08 Å². The van der Waals surface area contributed by atoms with Crippen molar-refractivity contribution in [2.75, 3.05) is 27.2 Å². The summed E-state index contributed by atoms with van der Waals surface area (Å²) in [5, 5.41) is 23.4. The molecule has 200 valence electrons. The number of hydrogen-bond donors (Lipinski definition) is 2. The summed E-state index contributed by atoms with van der Waals surface area (Å²) in [7, 11) is 3.47. The first-order chi connectivity index (χ1) is 18.4. The van der Waals surface area contributed by atoms with Crippen molar-refractivity contribution in [3.8, 4) is 17.2 Å². The third-order valence-electron chi connectivity index (χ3n) is 10.1. The van der Waals surface area contributed by atoms with E-state index in [0.29, 0.717) is 18.6 Å². The summed E-state index contributed by atoms with van der Waals surface area (Å²) in [5.41, 5.74) is 1.50. The van der Waals surface area contributed by atoms with Crippen LogP contribution in [0.4, 0.5) is 0 Å². The molecule has 3 fully saturated rings. The second-order valence-corrected chi connectivity index (χ2v) is 12.0. The molecule has 1 saturated heterocycles. The lowest BCUT2D eigenvalue weighted by molar-refractivity contribution is -0.200. The quantitative estimate of drug-likeness (QED) is 0.572. The van der Waals surface area contributed by atoms with E-state index in [-0.39, 0.29) is 23.7 Å². The van der Waals surface area contributed by atoms with E-state index < -0.39 is 17.1 Å². The second kappa shape index (κ2) is 8.48. The first kappa shape index (κ1) is 24.0. The molecule has 5 aliphatic rings. The van der Waals surface area contributed by atoms with E-state index in [4.69, 9.17) is 9.47 Å². The number of aromatic hydroxyl groups is 1. The fraction of sp³-hybridized carbons (Fsp3) is 0.516. The van der Waals surface area contributed by atoms with Gasteiger partial charge in [0.05, 0.1) is 24.2 Å². The van der Waals surface area contributed by atoms with E-state index in [0.717, 1.165) is 48.7 Å². The maximum Gasteiger partial charge on any atom is 0.246 e. The van der Waals surface area contributed by atoms with Crippen molar-refractivity contribution in [3.05, 3.63) is 59.2 Å². The maximum atomic E-state index is 13.4. The maximum absolute atomic E-state index is 13.4. The molecule has 2 aliphatic heterocycles. The van der Waals surface area contributed by atoms with Crippen molar-refractivity contribution < 1.29 is 24.5 Å². The normalized spacial score (nSPS) is 33.1. The van der Waals surface area contributed by atoms with Gasteiger partial charge >= 0.3 is 0 Å². The molecule has 2 bridgehead atoms. The number of likely N-dealkylation sites (N-methyl/N-ethyl adjacent to an activating group) is 1. The predicted octanol–water partition coefficient (Wildman–Crippen LogP) is 3.51. The van der Waals surface area contributed by atoms with Crippen molar-refractivity contribution in [1.82, 2.24) is 9.80 Å². The van der Waals surface area contributed by atoms with Crippen LogP contribution in [-0.4, -0.2) is 77.0 Å². The molecular formula is C31H36N2O5. The zero-order valence-electron chi connectivity index (χ0n) is 22.1. The van der Waals surface area contributed by atoms with Crippen LogP contribution in [0.3, 0.4) is 0 Å². The first-order valence-corrected chi connectivity index (χ1v) is 13.9. The van der Waals surface area contributed by atoms with E-state index in [1.54, 1.807) is 24.2 Å². The number of likely N-dealkylation sites (tertiary alicyclic amines) is 1. The van der Waals surface area contributed by atoms with E-state index >= 15 is 0 Å². The number of aliphatic hydroxyl groups is 1. The second-order valence-electron chi connectivity index (χ2n) is 12.0. The fourth-order valence-corrected chi connectivity index (χ4v) is 8.02. The average Bonchev–Trinajstić information content (AvgIpc) is 3.67. The highest BCUT2D eigenvalue weighted by Crippen LogP contribution is 2.66. The summed E-state index contributed by atoms with van der Waals surface area (Å²) >= 11 is 0. The lowest BCUT2D eigenvalue weighted by Gasteiger charge is -2.64. The minimum absolute atomic E-state index is 0.0304. The summed E-state index contributed by atoms with van der Waals surface area (Å²) in [4.78, 5) is 17.7. The molecule has 1 amide bonds. The molecule has 0 unspecified atom stereocenters. The summed E-state index contributed by atoms with van der Waals surface area (Å²) in [6.45, 7) is 1.95. The van der Waals surface area contributed by atoms with Crippen LogP contribution >= 0.6 is 0 Å². The highest BCUT2D eigenvalue weighted by atomic mass is 16.5. The Morgan fingerprint density at radius 2 is 1.97 bits per heavy atom. The molecule has 7 heteroatoms. The van der Waals surface area contributed by atoms with Crippen LogP contribution < -0.4 is 9.47 Å². The highest BCUT2D eigenvalue weighted by Gasteiger charge is 2.73. The van der Waals surface area contributed by atoms with E-state index in [9.17, 15) is 15.0 Å². The zero-order valence-corrected chi connectivity index (χ0v) is 22.1. The fourth-order valence-electron chi connectivity index (χ4n) is 8.02. The standard InChI is InChI=1S/C31H36N2O5/c1-32(26(35)12-7-19-5-9-22(37-2)10-6-19)23-13-14-31(36)25-17-21-8-11-24(34)28-27(21)30(31,29(23)38-28)15-16-33(25)18-20-3-4-20/h5-12,20,23,25,29,34,36H,3-4,13-18H2,1-2H3/t23-,25-,29+,30+,31-/m1/s1. The van der Waals surface area contributed by atoms with Gasteiger partial charge in [-0.3, -0.25) is 9.69 Å². The van der Waals surface area contributed by atoms with Crippen molar-refractivity contribution >= 4 is 12.0 Å². The van der Waals surface area contributed by atoms with Crippen molar-refractivity contribution in [3.63, 3.8) is 0 Å². The van der Waals surface area contributed by atoms with Gasteiger partial charge in [0.2, 0.25) is 5.91 Å². The Kier molecular flexibility index (Phi) is 5.37. The number of carbonyl (C=O) groups is 1. The molecule has 7 rings (SSSR count). The first-order valence-electron chi connectivity index (χ1n) is 13.9. The third-order valence-corrected chi connectivity index (χ3v) is 10.1. The molecule has 38 heavy (non-hydrogen) atoms. The lowest BCUT2D eigenvalue weighted by atomic mass is 9.48. The van der Waals surface area contributed by atoms with Crippen LogP contribution in [0, 0.1) is 5.92 Å². The number of amides is 1. The van der Waals surface area contributed by atoms with Gasteiger partial charge in [-0.15, -0.1) is 0 Å². The average molecular weight is 517 g/mol. The number of methoxy groups -OCH3 is 1. The van der Waals surface area contributed by atoms with Crippen LogP contribution in [0.5, 0.6) is 17.2 Å². The van der Waals surface area contributed by atoms with E-state index in [1.807, 2.05) is 43.5 Å². The van der Waals surface area contributed by atoms with Gasteiger partial charge in [0.1, 0.15) is 11.9 Å². The number of ether oxygens (including phenoxy) is 2. The molecule has 2 aromatic rings. The van der Waals surface area contributed by atoms with Crippen molar-refractivity contribution in [2.45, 2.75) is 67.7 Å². The number of piperidine rings is 1. The molecule has 2 aromatic carbocycles. The smallest absolute Gasteiger partial charge is 0.246 e. The molecule has 5 atom stereocenters. The minimum Gasteiger partial charge on any atom is -0.504 e. The summed E-state index contributed by atoms with van der Waals surface area (Å²) < 4.78 is 11.8. The molecule has 0 aromatic heterocycles.